The van der Waals surface area contributed by atoms with E-state index < -0.39 is 0 Å². The van der Waals surface area contributed by atoms with Crippen molar-refractivity contribution in [3.8, 4) is 10.7 Å². The molecule has 160 valence electrons. The van der Waals surface area contributed by atoms with Gasteiger partial charge in [-0.15, -0.1) is 21.5 Å². The summed E-state index contributed by atoms with van der Waals surface area (Å²) in [7, 11) is 0. The first-order valence-corrected chi connectivity index (χ1v) is 12.5. The van der Waals surface area contributed by atoms with E-state index >= 15 is 0 Å². The predicted molar refractivity (Wildman–Crippen MR) is 123 cm³/mol. The SMILES string of the molecule is O=C(c1ccc(Cl)cc1)N1CCCCC(Sc2nnc(-c3cccs3)n2C2CC2)C1=O. The van der Waals surface area contributed by atoms with E-state index in [1.807, 2.05) is 17.5 Å². The van der Waals surface area contributed by atoms with Gasteiger partial charge in [0.25, 0.3) is 5.91 Å². The minimum absolute atomic E-state index is 0.148. The average Bonchev–Trinajstić information content (AvgIpc) is 3.35. The lowest BCUT2D eigenvalue weighted by molar-refractivity contribution is -0.127. The summed E-state index contributed by atoms with van der Waals surface area (Å²) in [6, 6.07) is 11.1. The summed E-state index contributed by atoms with van der Waals surface area (Å²) in [5.41, 5.74) is 0.476. The van der Waals surface area contributed by atoms with Crippen LogP contribution < -0.4 is 0 Å². The number of thioether (sulfide) groups is 1. The first kappa shape index (κ1) is 20.7. The molecule has 9 heteroatoms. The Kier molecular flexibility index (Phi) is 5.86. The lowest BCUT2D eigenvalue weighted by atomic mass is 10.2. The molecule has 1 saturated heterocycles. The van der Waals surface area contributed by atoms with Crippen molar-refractivity contribution in [3.63, 3.8) is 0 Å². The highest BCUT2D eigenvalue weighted by Gasteiger charge is 2.36. The smallest absolute Gasteiger partial charge is 0.260 e. The quantitative estimate of drug-likeness (QED) is 0.471. The van der Waals surface area contributed by atoms with Crippen molar-refractivity contribution in [2.75, 3.05) is 6.54 Å². The predicted octanol–water partition coefficient (Wildman–Crippen LogP) is 5.31. The topological polar surface area (TPSA) is 68.1 Å². The van der Waals surface area contributed by atoms with Crippen LogP contribution in [0, 0.1) is 0 Å². The lowest BCUT2D eigenvalue weighted by Gasteiger charge is -2.22. The minimum atomic E-state index is -0.350. The van der Waals surface area contributed by atoms with Crippen LogP contribution in [0.25, 0.3) is 10.7 Å². The van der Waals surface area contributed by atoms with Crippen LogP contribution in [-0.4, -0.2) is 43.3 Å². The number of amides is 2. The lowest BCUT2D eigenvalue weighted by Crippen LogP contribution is -2.41. The second-order valence-electron chi connectivity index (χ2n) is 7.79. The van der Waals surface area contributed by atoms with E-state index in [1.165, 1.54) is 16.7 Å². The number of thiophene rings is 1. The molecule has 1 aliphatic heterocycles. The molecule has 6 nitrogen and oxygen atoms in total. The fourth-order valence-corrected chi connectivity index (χ4v) is 5.82. The van der Waals surface area contributed by atoms with Crippen LogP contribution in [0.4, 0.5) is 0 Å². The number of hydrogen-bond acceptors (Lipinski definition) is 6. The van der Waals surface area contributed by atoms with Crippen molar-refractivity contribution < 1.29 is 9.59 Å². The van der Waals surface area contributed by atoms with Crippen LogP contribution in [0.1, 0.15) is 48.5 Å². The van der Waals surface area contributed by atoms with E-state index in [0.717, 1.165) is 48.0 Å². The maximum absolute atomic E-state index is 13.4. The largest absolute Gasteiger partial charge is 0.298 e. The average molecular weight is 473 g/mol. The summed E-state index contributed by atoms with van der Waals surface area (Å²) < 4.78 is 2.18. The van der Waals surface area contributed by atoms with Gasteiger partial charge in [0.2, 0.25) is 5.91 Å². The van der Waals surface area contributed by atoms with Gasteiger partial charge in [-0.05, 0) is 61.4 Å². The zero-order valence-electron chi connectivity index (χ0n) is 16.7. The van der Waals surface area contributed by atoms with Gasteiger partial charge < -0.3 is 0 Å². The summed E-state index contributed by atoms with van der Waals surface area (Å²) in [4.78, 5) is 28.9. The number of halogens is 1. The molecular weight excluding hydrogens is 452 g/mol. The van der Waals surface area contributed by atoms with Crippen LogP contribution in [0.3, 0.4) is 0 Å². The highest BCUT2D eigenvalue weighted by molar-refractivity contribution is 8.00. The van der Waals surface area contributed by atoms with E-state index in [0.29, 0.717) is 23.2 Å². The molecular formula is C22H21ClN4O2S2. The second kappa shape index (κ2) is 8.76. The van der Waals surface area contributed by atoms with E-state index in [4.69, 9.17) is 11.6 Å². The molecule has 2 aromatic heterocycles. The molecule has 0 radical (unpaired) electrons. The van der Waals surface area contributed by atoms with Gasteiger partial charge in [-0.1, -0.05) is 35.9 Å². The molecule has 1 saturated carbocycles. The molecule has 2 aliphatic rings. The van der Waals surface area contributed by atoms with Gasteiger partial charge in [-0.2, -0.15) is 0 Å². The Balaban J connectivity index is 1.40. The van der Waals surface area contributed by atoms with Crippen molar-refractivity contribution in [3.05, 3.63) is 52.4 Å². The molecule has 31 heavy (non-hydrogen) atoms. The summed E-state index contributed by atoms with van der Waals surface area (Å²) in [5.74, 6) is 0.456. The molecule has 0 N–H and O–H groups in total. The third kappa shape index (κ3) is 4.29. The number of benzene rings is 1. The molecule has 3 heterocycles. The molecule has 1 aromatic carbocycles. The van der Waals surface area contributed by atoms with Gasteiger partial charge in [0.1, 0.15) is 0 Å². The van der Waals surface area contributed by atoms with E-state index in [2.05, 4.69) is 14.8 Å². The van der Waals surface area contributed by atoms with Crippen molar-refractivity contribution in [1.82, 2.24) is 19.7 Å². The Bertz CT molecular complexity index is 1090. The van der Waals surface area contributed by atoms with E-state index in [-0.39, 0.29) is 17.1 Å². The summed E-state index contributed by atoms with van der Waals surface area (Å²) >= 11 is 9.03. The maximum Gasteiger partial charge on any atom is 0.260 e. The molecule has 2 amide bonds. The maximum atomic E-state index is 13.4. The van der Waals surface area contributed by atoms with Gasteiger partial charge in [-0.3, -0.25) is 19.1 Å². The Morgan fingerprint density at radius 1 is 1.10 bits per heavy atom. The highest BCUT2D eigenvalue weighted by atomic mass is 35.5. The molecule has 0 spiro atoms. The van der Waals surface area contributed by atoms with E-state index in [1.54, 1.807) is 35.6 Å². The number of imide groups is 1. The van der Waals surface area contributed by atoms with Crippen molar-refractivity contribution in [1.29, 1.82) is 0 Å². The number of carbonyl (C=O) groups excluding carboxylic acids is 2. The summed E-state index contributed by atoms with van der Waals surface area (Å²) in [5, 5.41) is 11.9. The first-order chi connectivity index (χ1) is 15.1. The first-order valence-electron chi connectivity index (χ1n) is 10.4. The number of aromatic nitrogens is 3. The monoisotopic (exact) mass is 472 g/mol. The van der Waals surface area contributed by atoms with Gasteiger partial charge in [0.15, 0.2) is 11.0 Å². The standard InChI is InChI=1S/C22H21ClN4O2S2/c23-15-8-6-14(7-9-15)20(28)26-12-2-1-4-18(21(26)29)31-22-25-24-19(17-5-3-13-30-17)27(22)16-10-11-16/h3,5-9,13,16,18H,1-2,4,10-12H2. The van der Waals surface area contributed by atoms with Gasteiger partial charge >= 0.3 is 0 Å². The number of nitrogens with zero attached hydrogens (tertiary/aromatic N) is 4. The molecule has 5 rings (SSSR count). The molecule has 2 fully saturated rings. The van der Waals surface area contributed by atoms with Gasteiger partial charge in [-0.25, -0.2) is 0 Å². The number of hydrogen-bond donors (Lipinski definition) is 0. The fourth-order valence-electron chi connectivity index (χ4n) is 3.79. The molecule has 1 aliphatic carbocycles. The number of rotatable bonds is 5. The third-order valence-corrected chi connectivity index (χ3v) is 7.87. The van der Waals surface area contributed by atoms with Gasteiger partial charge in [0, 0.05) is 23.2 Å². The summed E-state index contributed by atoms with van der Waals surface area (Å²) in [6.45, 7) is 0.438. The highest BCUT2D eigenvalue weighted by Crippen LogP contribution is 2.43. The zero-order chi connectivity index (χ0) is 21.4. The van der Waals surface area contributed by atoms with Crippen molar-refractivity contribution in [2.24, 2.45) is 0 Å². The normalized spacial score (nSPS) is 19.5. The van der Waals surface area contributed by atoms with Crippen molar-refractivity contribution in [2.45, 2.75) is 48.6 Å². The van der Waals surface area contributed by atoms with Crippen LogP contribution in [0.2, 0.25) is 5.02 Å². The molecule has 1 unspecified atom stereocenters. The van der Waals surface area contributed by atoms with Crippen LogP contribution in [0.15, 0.2) is 46.9 Å². The van der Waals surface area contributed by atoms with Crippen LogP contribution in [0.5, 0.6) is 0 Å². The Labute approximate surface area is 193 Å². The summed E-state index contributed by atoms with van der Waals surface area (Å²) in [6.07, 6.45) is 4.62. The molecule has 0 bridgehead atoms. The van der Waals surface area contributed by atoms with Crippen LogP contribution in [-0.2, 0) is 4.79 Å². The minimum Gasteiger partial charge on any atom is -0.298 e. The second-order valence-corrected chi connectivity index (χ2v) is 10.3. The molecule has 1 atom stereocenters. The van der Waals surface area contributed by atoms with Crippen LogP contribution >= 0.6 is 34.7 Å². The fraction of sp³-hybridized carbons (Fsp3) is 0.364. The number of likely N-dealkylation sites (tertiary alicyclic amines) is 1. The van der Waals surface area contributed by atoms with E-state index in [9.17, 15) is 9.59 Å². The zero-order valence-corrected chi connectivity index (χ0v) is 19.1. The third-order valence-electron chi connectivity index (χ3n) is 5.54. The Morgan fingerprint density at radius 2 is 1.90 bits per heavy atom. The van der Waals surface area contributed by atoms with Crippen molar-refractivity contribution >= 4 is 46.5 Å². The Hall–Kier alpha value is -2.16. The molecule has 3 aromatic rings. The van der Waals surface area contributed by atoms with Gasteiger partial charge in [0.05, 0.1) is 10.1 Å². The number of carbonyl (C=O) groups is 2. The Morgan fingerprint density at radius 3 is 2.61 bits per heavy atom.